The van der Waals surface area contributed by atoms with Gasteiger partial charge < -0.3 is 4.74 Å². The topological polar surface area (TPSA) is 9.23 Å². The van der Waals surface area contributed by atoms with Crippen LogP contribution in [0, 0.1) is 5.41 Å². The van der Waals surface area contributed by atoms with Gasteiger partial charge in [-0.05, 0) is 19.1 Å². The van der Waals surface area contributed by atoms with Crippen molar-refractivity contribution < 1.29 is 17.9 Å². The van der Waals surface area contributed by atoms with Crippen LogP contribution in [0.25, 0.3) is 0 Å². The molecule has 1 aliphatic rings. The number of rotatable bonds is 1. The summed E-state index contributed by atoms with van der Waals surface area (Å²) < 4.78 is 39.9. The molecule has 0 amide bonds. The summed E-state index contributed by atoms with van der Waals surface area (Å²) in [6, 6.07) is 0. The highest BCUT2D eigenvalue weighted by atomic mass is 19.4. The van der Waals surface area contributed by atoms with Crippen LogP contribution in [-0.4, -0.2) is 6.36 Å². The van der Waals surface area contributed by atoms with E-state index in [4.69, 9.17) is 0 Å². The quantitative estimate of drug-likeness (QED) is 0.647. The van der Waals surface area contributed by atoms with Crippen LogP contribution < -0.4 is 0 Å². The number of allylic oxidation sites excluding steroid dienone is 5. The van der Waals surface area contributed by atoms with E-state index in [2.05, 4.69) is 4.74 Å². The zero-order chi connectivity index (χ0) is 11.7. The Balaban J connectivity index is 2.93. The van der Waals surface area contributed by atoms with Gasteiger partial charge in [0.25, 0.3) is 0 Å². The molecule has 0 aromatic rings. The average molecular weight is 218 g/mol. The number of halogens is 3. The number of ether oxygens (including phenoxy) is 1. The molecule has 0 fully saturated rings. The van der Waals surface area contributed by atoms with E-state index in [1.807, 2.05) is 26.8 Å². The van der Waals surface area contributed by atoms with Gasteiger partial charge in [-0.2, -0.15) is 0 Å². The molecule has 0 saturated carbocycles. The third-order valence-electron chi connectivity index (χ3n) is 1.86. The van der Waals surface area contributed by atoms with Crippen molar-refractivity contribution in [2.45, 2.75) is 27.1 Å². The fraction of sp³-hybridized carbons (Fsp3) is 0.455. The molecule has 0 bridgehead atoms. The van der Waals surface area contributed by atoms with E-state index < -0.39 is 11.8 Å². The number of hydrogen-bond acceptors (Lipinski definition) is 1. The fourth-order valence-electron chi connectivity index (χ4n) is 1.50. The Bertz CT molecular complexity index is 332. The molecule has 0 unspecified atom stereocenters. The van der Waals surface area contributed by atoms with Gasteiger partial charge in [0.15, 0.2) is 0 Å². The van der Waals surface area contributed by atoms with Crippen LogP contribution in [-0.2, 0) is 4.74 Å². The summed E-state index contributed by atoms with van der Waals surface area (Å²) in [7, 11) is 0. The second kappa shape index (κ2) is 3.76. The van der Waals surface area contributed by atoms with Crippen LogP contribution >= 0.6 is 0 Å². The Hall–Kier alpha value is -1.19. The maximum Gasteiger partial charge on any atom is 0.573 e. The molecule has 0 heterocycles. The number of hydrogen-bond donors (Lipinski definition) is 0. The Morgan fingerprint density at radius 2 is 1.73 bits per heavy atom. The Morgan fingerprint density at radius 3 is 2.27 bits per heavy atom. The van der Waals surface area contributed by atoms with Crippen molar-refractivity contribution in [3.05, 3.63) is 35.6 Å². The molecule has 15 heavy (non-hydrogen) atoms. The Labute approximate surface area is 86.9 Å². The minimum Gasteiger partial charge on any atom is -0.406 e. The molecule has 0 saturated heterocycles. The van der Waals surface area contributed by atoms with Crippen molar-refractivity contribution in [1.29, 1.82) is 0 Å². The third kappa shape index (κ3) is 4.23. The van der Waals surface area contributed by atoms with Gasteiger partial charge in [-0.3, -0.25) is 0 Å². The van der Waals surface area contributed by atoms with Crippen molar-refractivity contribution in [3.8, 4) is 0 Å². The third-order valence-corrected chi connectivity index (χ3v) is 1.86. The van der Waals surface area contributed by atoms with Gasteiger partial charge in [0.2, 0.25) is 0 Å². The summed E-state index contributed by atoms with van der Waals surface area (Å²) in [5.41, 5.74) is 0.478. The lowest BCUT2D eigenvalue weighted by atomic mass is 9.91. The molecule has 84 valence electrons. The van der Waals surface area contributed by atoms with Crippen molar-refractivity contribution in [3.63, 3.8) is 0 Å². The minimum atomic E-state index is -4.63. The maximum atomic E-state index is 12.0. The second-order valence-corrected chi connectivity index (χ2v) is 4.14. The SMILES string of the molecule is CC1=CC(C)(C)C=C(OC(F)(F)F)C=C1. The molecule has 0 aliphatic heterocycles. The van der Waals surface area contributed by atoms with Crippen LogP contribution in [0.3, 0.4) is 0 Å². The van der Waals surface area contributed by atoms with E-state index >= 15 is 0 Å². The molecule has 0 aromatic heterocycles. The normalized spacial score (nSPS) is 20.4. The summed E-state index contributed by atoms with van der Waals surface area (Å²) in [4.78, 5) is 0. The molecule has 1 nitrogen and oxygen atoms in total. The molecule has 0 atom stereocenters. The van der Waals surface area contributed by atoms with E-state index in [0.29, 0.717) is 0 Å². The first-order valence-electron chi connectivity index (χ1n) is 4.54. The smallest absolute Gasteiger partial charge is 0.406 e. The highest BCUT2D eigenvalue weighted by molar-refractivity contribution is 5.32. The van der Waals surface area contributed by atoms with Crippen molar-refractivity contribution in [1.82, 2.24) is 0 Å². The minimum absolute atomic E-state index is 0.166. The van der Waals surface area contributed by atoms with Gasteiger partial charge in [0, 0.05) is 5.41 Å². The van der Waals surface area contributed by atoms with Crippen LogP contribution in [0.5, 0.6) is 0 Å². The predicted molar refractivity (Wildman–Crippen MR) is 51.9 cm³/mol. The van der Waals surface area contributed by atoms with Crippen LogP contribution in [0.15, 0.2) is 35.6 Å². The van der Waals surface area contributed by atoms with Gasteiger partial charge in [0.1, 0.15) is 5.76 Å². The van der Waals surface area contributed by atoms with Gasteiger partial charge in [0.05, 0.1) is 0 Å². The second-order valence-electron chi connectivity index (χ2n) is 4.14. The zero-order valence-electron chi connectivity index (χ0n) is 8.85. The van der Waals surface area contributed by atoms with E-state index in [1.165, 1.54) is 12.2 Å². The van der Waals surface area contributed by atoms with Crippen molar-refractivity contribution in [2.24, 2.45) is 5.41 Å². The summed E-state index contributed by atoms with van der Waals surface area (Å²) in [6.45, 7) is 5.48. The average Bonchev–Trinajstić information content (AvgIpc) is 2.05. The van der Waals surface area contributed by atoms with Crippen LogP contribution in [0.1, 0.15) is 20.8 Å². The lowest BCUT2D eigenvalue weighted by molar-refractivity contribution is -0.303. The van der Waals surface area contributed by atoms with Gasteiger partial charge >= 0.3 is 6.36 Å². The lowest BCUT2D eigenvalue weighted by Crippen LogP contribution is -2.13. The standard InChI is InChI=1S/C11H13F3O/c1-8-4-5-9(15-11(12,13)14)7-10(2,3)6-8/h4-7H,1-3H3. The highest BCUT2D eigenvalue weighted by Gasteiger charge is 2.32. The van der Waals surface area contributed by atoms with Crippen LogP contribution in [0.2, 0.25) is 0 Å². The zero-order valence-corrected chi connectivity index (χ0v) is 8.85. The predicted octanol–water partition coefficient (Wildman–Crippen LogP) is 3.95. The fourth-order valence-corrected chi connectivity index (χ4v) is 1.50. The summed E-state index contributed by atoms with van der Waals surface area (Å²) in [5, 5.41) is 0. The van der Waals surface area contributed by atoms with E-state index in [0.717, 1.165) is 5.57 Å². The molecular formula is C11H13F3O. The Morgan fingerprint density at radius 1 is 1.13 bits per heavy atom. The van der Waals surface area contributed by atoms with Crippen molar-refractivity contribution in [2.75, 3.05) is 0 Å². The molecule has 0 N–H and O–H groups in total. The van der Waals surface area contributed by atoms with E-state index in [-0.39, 0.29) is 5.76 Å². The maximum absolute atomic E-state index is 12.0. The van der Waals surface area contributed by atoms with E-state index in [1.54, 1.807) is 6.08 Å². The molecule has 0 spiro atoms. The lowest BCUT2D eigenvalue weighted by Gasteiger charge is -2.16. The summed E-state index contributed by atoms with van der Waals surface area (Å²) >= 11 is 0. The first-order chi connectivity index (χ1) is 6.68. The van der Waals surface area contributed by atoms with Gasteiger partial charge in [-0.1, -0.05) is 31.6 Å². The first kappa shape index (κ1) is 11.9. The highest BCUT2D eigenvalue weighted by Crippen LogP contribution is 2.30. The first-order valence-corrected chi connectivity index (χ1v) is 4.54. The molecule has 4 heteroatoms. The van der Waals surface area contributed by atoms with Gasteiger partial charge in [-0.25, -0.2) is 0 Å². The monoisotopic (exact) mass is 218 g/mol. The molecular weight excluding hydrogens is 205 g/mol. The molecule has 1 aliphatic carbocycles. The van der Waals surface area contributed by atoms with Crippen molar-refractivity contribution >= 4 is 0 Å². The van der Waals surface area contributed by atoms with E-state index in [9.17, 15) is 13.2 Å². The summed E-state index contributed by atoms with van der Waals surface area (Å²) in [5.74, 6) is -0.166. The molecule has 0 aromatic carbocycles. The summed E-state index contributed by atoms with van der Waals surface area (Å²) in [6.07, 6.45) is 1.63. The molecule has 1 rings (SSSR count). The molecule has 0 radical (unpaired) electrons. The van der Waals surface area contributed by atoms with Gasteiger partial charge in [-0.15, -0.1) is 13.2 Å². The largest absolute Gasteiger partial charge is 0.573 e. The Kier molecular flexibility index (Phi) is 2.98. The van der Waals surface area contributed by atoms with Crippen LogP contribution in [0.4, 0.5) is 13.2 Å². The number of alkyl halides is 3.